The number of aliphatic hydroxyl groups is 1. The van der Waals surface area contributed by atoms with Crippen molar-refractivity contribution in [3.63, 3.8) is 0 Å². The van der Waals surface area contributed by atoms with E-state index in [1.54, 1.807) is 13.8 Å². The van der Waals surface area contributed by atoms with Crippen LogP contribution in [0.15, 0.2) is 76.5 Å². The number of hydrogen-bond acceptors (Lipinski definition) is 7. The van der Waals surface area contributed by atoms with E-state index in [1.165, 1.54) is 30.1 Å². The van der Waals surface area contributed by atoms with Crippen molar-refractivity contribution >= 4 is 31.6 Å². The molecule has 0 saturated heterocycles. The lowest BCUT2D eigenvalue weighted by atomic mass is 9.99. The number of halogens is 2. The van der Waals surface area contributed by atoms with Gasteiger partial charge in [-0.15, -0.1) is 0 Å². The molecule has 4 rings (SSSR count). The molecule has 3 aromatic carbocycles. The highest BCUT2D eigenvalue weighted by molar-refractivity contribution is 7.92. The molecule has 1 aliphatic rings. The number of sulfonamides is 2. The number of nitrogens with zero attached hydrogens (tertiary/aromatic N) is 2. The van der Waals surface area contributed by atoms with Gasteiger partial charge in [0.25, 0.3) is 15.9 Å². The predicted octanol–water partition coefficient (Wildman–Crippen LogP) is 3.31. The van der Waals surface area contributed by atoms with Crippen molar-refractivity contribution in [2.75, 3.05) is 31.5 Å². The second-order valence-corrected chi connectivity index (χ2v) is 13.8. The molecule has 226 valence electrons. The number of likely N-dealkylation sites (N-methyl/N-ethyl adjacent to an activating group) is 1. The smallest absolute Gasteiger partial charge is 0.262 e. The summed E-state index contributed by atoms with van der Waals surface area (Å²) in [5.74, 6) is -2.37. The van der Waals surface area contributed by atoms with E-state index in [0.717, 1.165) is 52.8 Å². The number of rotatable bonds is 9. The van der Waals surface area contributed by atoms with Gasteiger partial charge in [0.05, 0.1) is 40.2 Å². The van der Waals surface area contributed by atoms with Gasteiger partial charge in [-0.2, -0.15) is 4.31 Å². The molecule has 0 aromatic heterocycles. The van der Waals surface area contributed by atoms with Crippen molar-refractivity contribution < 1.29 is 40.3 Å². The number of hydrogen-bond donors (Lipinski definition) is 2. The number of para-hydroxylation sites is 1. The molecule has 3 aromatic rings. The fourth-order valence-corrected chi connectivity index (χ4v) is 6.74. The monoisotopic (exact) mass is 623 g/mol. The summed E-state index contributed by atoms with van der Waals surface area (Å²) in [5, 5.41) is 9.86. The van der Waals surface area contributed by atoms with E-state index in [0.29, 0.717) is 0 Å². The van der Waals surface area contributed by atoms with Crippen LogP contribution in [0.5, 0.6) is 5.75 Å². The zero-order valence-corrected chi connectivity index (χ0v) is 24.7. The van der Waals surface area contributed by atoms with Crippen LogP contribution in [0.2, 0.25) is 0 Å². The average molecular weight is 624 g/mol. The molecular weight excluding hydrogens is 592 g/mol. The summed E-state index contributed by atoms with van der Waals surface area (Å²) in [4.78, 5) is 14.7. The van der Waals surface area contributed by atoms with Crippen LogP contribution < -0.4 is 9.46 Å². The lowest BCUT2D eigenvalue weighted by Gasteiger charge is -2.38. The minimum Gasteiger partial charge on any atom is -0.486 e. The first-order valence-corrected chi connectivity index (χ1v) is 15.9. The standard InChI is InChI=1S/C28H31F2N3O7S2/c1-18-15-33(19(2)17-34)28(35)24-5-4-6-25(31-41(36,37)22-11-7-20(29)8-12-22)27(24)40-26(18)16-32(3)42(38,39)23-13-9-21(30)10-14-23/h4-14,18-19,26,31,34H,15-17H2,1-3H3/t18-,19-,26-/m1/s1. The summed E-state index contributed by atoms with van der Waals surface area (Å²) in [6.07, 6.45) is -0.901. The number of carbonyl (C=O) groups is 1. The van der Waals surface area contributed by atoms with Crippen molar-refractivity contribution in [2.45, 2.75) is 35.8 Å². The first kappa shape index (κ1) is 31.3. The number of fused-ring (bicyclic) bond motifs is 1. The average Bonchev–Trinajstić information content (AvgIpc) is 2.95. The number of anilines is 1. The van der Waals surface area contributed by atoms with Gasteiger partial charge in [0.2, 0.25) is 10.0 Å². The Hall–Kier alpha value is -3.59. The number of benzene rings is 3. The Bertz CT molecular complexity index is 1650. The van der Waals surface area contributed by atoms with Gasteiger partial charge in [-0.3, -0.25) is 9.52 Å². The highest BCUT2D eigenvalue weighted by atomic mass is 32.2. The quantitative estimate of drug-likeness (QED) is 0.374. The van der Waals surface area contributed by atoms with E-state index in [4.69, 9.17) is 4.74 Å². The van der Waals surface area contributed by atoms with Crippen LogP contribution in [-0.4, -0.2) is 75.9 Å². The zero-order valence-electron chi connectivity index (χ0n) is 23.1. The lowest BCUT2D eigenvalue weighted by molar-refractivity contribution is 0.0389. The molecule has 1 amide bonds. The van der Waals surface area contributed by atoms with E-state index in [-0.39, 0.29) is 46.5 Å². The minimum absolute atomic E-state index is 0.00412. The third-order valence-corrected chi connectivity index (χ3v) is 10.2. The van der Waals surface area contributed by atoms with E-state index in [2.05, 4.69) is 4.72 Å². The van der Waals surface area contributed by atoms with Gasteiger partial charge in [-0.05, 0) is 67.6 Å². The number of nitrogens with one attached hydrogen (secondary N) is 1. The van der Waals surface area contributed by atoms with E-state index < -0.39 is 55.7 Å². The SMILES string of the molecule is C[C@@H]1CN([C@H](C)CO)C(=O)c2cccc(NS(=O)(=O)c3ccc(F)cc3)c2O[C@@H]1CN(C)S(=O)(=O)c1ccc(F)cc1. The second kappa shape index (κ2) is 12.3. The van der Waals surface area contributed by atoms with Crippen LogP contribution in [0.3, 0.4) is 0 Å². The normalized spacial score (nSPS) is 18.5. The highest BCUT2D eigenvalue weighted by Gasteiger charge is 2.36. The Balaban J connectivity index is 1.76. The van der Waals surface area contributed by atoms with E-state index in [1.807, 2.05) is 0 Å². The molecule has 1 heterocycles. The molecular formula is C28H31F2N3O7S2. The van der Waals surface area contributed by atoms with Gasteiger partial charge in [-0.1, -0.05) is 13.0 Å². The maximum Gasteiger partial charge on any atom is 0.262 e. The molecule has 10 nitrogen and oxygen atoms in total. The maximum atomic E-state index is 13.6. The van der Waals surface area contributed by atoms with Gasteiger partial charge in [-0.25, -0.2) is 25.6 Å². The molecule has 14 heteroatoms. The maximum absolute atomic E-state index is 13.6. The molecule has 0 fully saturated rings. The third-order valence-electron chi connectivity index (χ3n) is 7.02. The number of aliphatic hydroxyl groups excluding tert-OH is 1. The van der Waals surface area contributed by atoms with Crippen LogP contribution >= 0.6 is 0 Å². The zero-order chi connectivity index (χ0) is 30.8. The van der Waals surface area contributed by atoms with Crippen molar-refractivity contribution in [3.8, 4) is 5.75 Å². The summed E-state index contributed by atoms with van der Waals surface area (Å²) in [5.41, 5.74) is -0.0968. The summed E-state index contributed by atoms with van der Waals surface area (Å²) in [6, 6.07) is 12.2. The molecule has 0 radical (unpaired) electrons. The lowest BCUT2D eigenvalue weighted by Crippen LogP contribution is -2.50. The Morgan fingerprint density at radius 1 is 1.00 bits per heavy atom. The van der Waals surface area contributed by atoms with E-state index in [9.17, 15) is 35.5 Å². The Morgan fingerprint density at radius 2 is 1.57 bits per heavy atom. The number of ether oxygens (including phenoxy) is 1. The Kier molecular flexibility index (Phi) is 9.21. The first-order valence-electron chi connectivity index (χ1n) is 13.0. The molecule has 0 saturated carbocycles. The first-order chi connectivity index (χ1) is 19.7. The van der Waals surface area contributed by atoms with Crippen molar-refractivity contribution in [3.05, 3.63) is 83.9 Å². The van der Waals surface area contributed by atoms with Gasteiger partial charge < -0.3 is 14.7 Å². The Morgan fingerprint density at radius 3 is 2.14 bits per heavy atom. The van der Waals surface area contributed by atoms with Crippen LogP contribution in [0.25, 0.3) is 0 Å². The molecule has 3 atom stereocenters. The third kappa shape index (κ3) is 6.56. The van der Waals surface area contributed by atoms with Crippen LogP contribution in [0, 0.1) is 17.6 Å². The predicted molar refractivity (Wildman–Crippen MR) is 151 cm³/mol. The fraction of sp³-hybridized carbons (Fsp3) is 0.321. The molecule has 1 aliphatic heterocycles. The molecule has 0 aliphatic carbocycles. The summed E-state index contributed by atoms with van der Waals surface area (Å²) < 4.78 is 89.4. The van der Waals surface area contributed by atoms with Crippen molar-refractivity contribution in [1.82, 2.24) is 9.21 Å². The van der Waals surface area contributed by atoms with Crippen molar-refractivity contribution in [2.24, 2.45) is 5.92 Å². The van der Waals surface area contributed by atoms with Crippen LogP contribution in [0.1, 0.15) is 24.2 Å². The molecule has 0 unspecified atom stereocenters. The number of amides is 1. The summed E-state index contributed by atoms with van der Waals surface area (Å²) >= 11 is 0. The van der Waals surface area contributed by atoms with Crippen LogP contribution in [-0.2, 0) is 20.0 Å². The Labute approximate surface area is 243 Å². The molecule has 0 bridgehead atoms. The topological polar surface area (TPSA) is 133 Å². The van der Waals surface area contributed by atoms with Gasteiger partial charge in [0.15, 0.2) is 5.75 Å². The van der Waals surface area contributed by atoms with Gasteiger partial charge in [0, 0.05) is 19.5 Å². The summed E-state index contributed by atoms with van der Waals surface area (Å²) in [7, 11) is -7.00. The molecule has 0 spiro atoms. The molecule has 42 heavy (non-hydrogen) atoms. The largest absolute Gasteiger partial charge is 0.486 e. The van der Waals surface area contributed by atoms with Crippen molar-refractivity contribution in [1.29, 1.82) is 0 Å². The van der Waals surface area contributed by atoms with E-state index >= 15 is 0 Å². The number of carbonyl (C=O) groups excluding carboxylic acids is 1. The van der Waals surface area contributed by atoms with Gasteiger partial charge in [0.1, 0.15) is 17.7 Å². The fourth-order valence-electron chi connectivity index (χ4n) is 4.50. The van der Waals surface area contributed by atoms with Gasteiger partial charge >= 0.3 is 0 Å². The molecule has 2 N–H and O–H groups in total. The second-order valence-electron chi connectivity index (χ2n) is 10.1. The summed E-state index contributed by atoms with van der Waals surface area (Å²) in [6.45, 7) is 2.92. The minimum atomic E-state index is -4.25. The van der Waals surface area contributed by atoms with Crippen LogP contribution in [0.4, 0.5) is 14.5 Å². The highest BCUT2D eigenvalue weighted by Crippen LogP contribution is 2.36.